The number of carbonyl (C=O) groups is 2. The van der Waals surface area contributed by atoms with Crippen LogP contribution in [0.15, 0.2) is 54.6 Å². The number of methoxy groups -OCH3 is 1. The largest absolute Gasteiger partial charge is 0.497 e. The van der Waals surface area contributed by atoms with Crippen molar-refractivity contribution in [2.24, 2.45) is 0 Å². The van der Waals surface area contributed by atoms with E-state index in [9.17, 15) is 9.59 Å². The molecule has 0 aliphatic carbocycles. The molecule has 2 aromatic rings. The summed E-state index contributed by atoms with van der Waals surface area (Å²) in [5, 5.41) is 0. The van der Waals surface area contributed by atoms with Gasteiger partial charge in [-0.1, -0.05) is 30.3 Å². The van der Waals surface area contributed by atoms with Gasteiger partial charge in [-0.25, -0.2) is 0 Å². The number of Topliss-reactive ketones (excluding diaryl/α,β-unsaturated/α-hetero) is 1. The first-order valence-corrected chi connectivity index (χ1v) is 6.29. The van der Waals surface area contributed by atoms with Crippen molar-refractivity contribution in [2.75, 3.05) is 12.0 Å². The lowest BCUT2D eigenvalue weighted by Crippen LogP contribution is -2.56. The van der Waals surface area contributed by atoms with Gasteiger partial charge in [-0.3, -0.25) is 14.5 Å². The minimum Gasteiger partial charge on any atom is -0.497 e. The van der Waals surface area contributed by atoms with E-state index in [1.807, 2.05) is 30.3 Å². The van der Waals surface area contributed by atoms with Gasteiger partial charge < -0.3 is 4.74 Å². The third-order valence-corrected chi connectivity index (χ3v) is 3.40. The van der Waals surface area contributed by atoms with E-state index in [2.05, 4.69) is 0 Å². The monoisotopic (exact) mass is 267 g/mol. The Labute approximate surface area is 116 Å². The number of β-lactam (4-membered cyclic amide) rings is 1. The molecule has 1 fully saturated rings. The molecule has 0 N–H and O–H groups in total. The number of ketones is 1. The van der Waals surface area contributed by atoms with Crippen molar-refractivity contribution in [2.45, 2.75) is 6.04 Å². The van der Waals surface area contributed by atoms with Crippen LogP contribution in [-0.2, 0) is 9.59 Å². The minimum absolute atomic E-state index is 0.369. The van der Waals surface area contributed by atoms with Crippen molar-refractivity contribution < 1.29 is 14.3 Å². The number of hydrogen-bond donors (Lipinski definition) is 0. The van der Waals surface area contributed by atoms with E-state index in [0.29, 0.717) is 11.4 Å². The van der Waals surface area contributed by atoms with Crippen LogP contribution in [0.2, 0.25) is 0 Å². The fourth-order valence-electron chi connectivity index (χ4n) is 2.35. The molecule has 1 atom stereocenters. The Bertz CT molecular complexity index is 649. The summed E-state index contributed by atoms with van der Waals surface area (Å²) in [6, 6.07) is 15.9. The van der Waals surface area contributed by atoms with Gasteiger partial charge in [0.15, 0.2) is 0 Å². The summed E-state index contributed by atoms with van der Waals surface area (Å²) in [7, 11) is 1.58. The fraction of sp³-hybridized carbons (Fsp3) is 0.125. The van der Waals surface area contributed by atoms with Gasteiger partial charge in [0.1, 0.15) is 11.8 Å². The van der Waals surface area contributed by atoms with Crippen molar-refractivity contribution in [1.29, 1.82) is 0 Å². The van der Waals surface area contributed by atoms with Crippen LogP contribution in [0.5, 0.6) is 5.75 Å². The van der Waals surface area contributed by atoms with Crippen LogP contribution >= 0.6 is 0 Å². The van der Waals surface area contributed by atoms with Crippen LogP contribution in [0.4, 0.5) is 5.69 Å². The topological polar surface area (TPSA) is 46.6 Å². The Balaban J connectivity index is 1.94. The van der Waals surface area contributed by atoms with Crippen LogP contribution in [0.1, 0.15) is 11.6 Å². The lowest BCUT2D eigenvalue weighted by atomic mass is 9.91. The number of anilines is 1. The number of nitrogens with zero attached hydrogens (tertiary/aromatic N) is 1. The highest BCUT2D eigenvalue weighted by molar-refractivity contribution is 6.51. The Kier molecular flexibility index (Phi) is 2.99. The molecular formula is C16H13NO3. The number of ether oxygens (including phenoxy) is 1. The van der Waals surface area contributed by atoms with Gasteiger partial charge in [0.05, 0.1) is 7.11 Å². The summed E-state index contributed by atoms with van der Waals surface area (Å²) in [6.45, 7) is 0. The average molecular weight is 267 g/mol. The molecule has 1 unspecified atom stereocenters. The second-order valence-electron chi connectivity index (χ2n) is 4.55. The minimum atomic E-state index is -0.517. The van der Waals surface area contributed by atoms with Gasteiger partial charge in [0.2, 0.25) is 5.78 Å². The summed E-state index contributed by atoms with van der Waals surface area (Å²) in [4.78, 5) is 25.2. The summed E-state index contributed by atoms with van der Waals surface area (Å²) in [5.41, 5.74) is 1.53. The molecule has 4 heteroatoms. The zero-order valence-corrected chi connectivity index (χ0v) is 10.9. The van der Waals surface area contributed by atoms with E-state index in [1.165, 1.54) is 4.90 Å². The predicted molar refractivity (Wildman–Crippen MR) is 74.7 cm³/mol. The highest BCUT2D eigenvalue weighted by atomic mass is 16.5. The van der Waals surface area contributed by atoms with E-state index in [4.69, 9.17) is 4.74 Å². The van der Waals surface area contributed by atoms with Crippen molar-refractivity contribution in [3.8, 4) is 5.75 Å². The second-order valence-corrected chi connectivity index (χ2v) is 4.55. The first-order chi connectivity index (χ1) is 9.72. The van der Waals surface area contributed by atoms with E-state index in [0.717, 1.165) is 5.56 Å². The molecule has 1 aliphatic rings. The summed E-state index contributed by atoms with van der Waals surface area (Å²) >= 11 is 0. The lowest BCUT2D eigenvalue weighted by molar-refractivity contribution is -0.143. The van der Waals surface area contributed by atoms with Crippen LogP contribution in [0, 0.1) is 0 Å². The summed E-state index contributed by atoms with van der Waals surface area (Å²) in [6.07, 6.45) is 0. The second kappa shape index (κ2) is 4.81. The third kappa shape index (κ3) is 1.86. The van der Waals surface area contributed by atoms with Crippen molar-refractivity contribution in [3.05, 3.63) is 60.2 Å². The number of carbonyl (C=O) groups excluding carboxylic acids is 2. The fourth-order valence-corrected chi connectivity index (χ4v) is 2.35. The van der Waals surface area contributed by atoms with Gasteiger partial charge >= 0.3 is 0 Å². The van der Waals surface area contributed by atoms with Crippen molar-refractivity contribution in [1.82, 2.24) is 0 Å². The van der Waals surface area contributed by atoms with Gasteiger partial charge in [-0.05, 0) is 29.8 Å². The molecule has 0 aromatic heterocycles. The van der Waals surface area contributed by atoms with Crippen molar-refractivity contribution in [3.63, 3.8) is 0 Å². The summed E-state index contributed by atoms with van der Waals surface area (Å²) in [5.74, 6) is -0.125. The average Bonchev–Trinajstić information content (AvgIpc) is 2.52. The highest BCUT2D eigenvalue weighted by Gasteiger charge is 2.47. The molecule has 1 aliphatic heterocycles. The molecule has 2 aromatic carbocycles. The first kappa shape index (κ1) is 12.4. The number of hydrogen-bond acceptors (Lipinski definition) is 3. The van der Waals surface area contributed by atoms with Gasteiger partial charge in [-0.2, -0.15) is 0 Å². The van der Waals surface area contributed by atoms with Gasteiger partial charge in [0.25, 0.3) is 5.91 Å². The molecule has 1 amide bonds. The van der Waals surface area contributed by atoms with Crippen LogP contribution in [0.25, 0.3) is 0 Å². The van der Waals surface area contributed by atoms with Crippen LogP contribution in [-0.4, -0.2) is 18.8 Å². The first-order valence-electron chi connectivity index (χ1n) is 6.29. The standard InChI is InChI=1S/C16H13NO3/c1-20-13-9-7-12(8-10-13)17-14(15(18)16(17)19)11-5-3-2-4-6-11/h2-10,14H,1H3. The number of benzene rings is 2. The Morgan fingerprint density at radius 2 is 1.60 bits per heavy atom. The summed E-state index contributed by atoms with van der Waals surface area (Å²) < 4.78 is 5.09. The van der Waals surface area contributed by atoms with E-state index < -0.39 is 11.9 Å². The molecule has 0 saturated carbocycles. The normalized spacial score (nSPS) is 17.9. The van der Waals surface area contributed by atoms with Gasteiger partial charge in [0, 0.05) is 5.69 Å². The lowest BCUT2D eigenvalue weighted by Gasteiger charge is -2.38. The quantitative estimate of drug-likeness (QED) is 0.633. The molecule has 1 heterocycles. The maximum Gasteiger partial charge on any atom is 0.297 e. The molecular weight excluding hydrogens is 254 g/mol. The number of rotatable bonds is 3. The van der Waals surface area contributed by atoms with Crippen LogP contribution < -0.4 is 9.64 Å². The Morgan fingerprint density at radius 1 is 0.950 bits per heavy atom. The SMILES string of the molecule is COc1ccc(N2C(=O)C(=O)C2c2ccccc2)cc1. The van der Waals surface area contributed by atoms with E-state index >= 15 is 0 Å². The third-order valence-electron chi connectivity index (χ3n) is 3.40. The molecule has 4 nitrogen and oxygen atoms in total. The molecule has 1 saturated heterocycles. The zero-order chi connectivity index (χ0) is 14.1. The van der Waals surface area contributed by atoms with Crippen LogP contribution in [0.3, 0.4) is 0 Å². The molecule has 100 valence electrons. The molecule has 20 heavy (non-hydrogen) atoms. The highest BCUT2D eigenvalue weighted by Crippen LogP contribution is 2.36. The van der Waals surface area contributed by atoms with Crippen molar-refractivity contribution >= 4 is 17.4 Å². The maximum absolute atomic E-state index is 11.9. The predicted octanol–water partition coefficient (Wildman–Crippen LogP) is 2.35. The maximum atomic E-state index is 11.9. The van der Waals surface area contributed by atoms with E-state index in [-0.39, 0.29) is 5.78 Å². The molecule has 3 rings (SSSR count). The Hall–Kier alpha value is -2.62. The molecule has 0 bridgehead atoms. The molecule has 0 radical (unpaired) electrons. The number of amides is 1. The zero-order valence-electron chi connectivity index (χ0n) is 10.9. The molecule has 0 spiro atoms. The van der Waals surface area contributed by atoms with E-state index in [1.54, 1.807) is 31.4 Å². The Morgan fingerprint density at radius 3 is 2.20 bits per heavy atom. The van der Waals surface area contributed by atoms with Gasteiger partial charge in [-0.15, -0.1) is 0 Å². The smallest absolute Gasteiger partial charge is 0.297 e.